The van der Waals surface area contributed by atoms with Crippen LogP contribution >= 0.6 is 0 Å². The lowest BCUT2D eigenvalue weighted by Crippen LogP contribution is -2.17. The second kappa shape index (κ2) is 5.04. The fourth-order valence-electron chi connectivity index (χ4n) is 1.59. The van der Waals surface area contributed by atoms with Crippen molar-refractivity contribution in [1.29, 1.82) is 0 Å². The van der Waals surface area contributed by atoms with Crippen LogP contribution in [0, 0.1) is 12.8 Å². The van der Waals surface area contributed by atoms with E-state index in [1.165, 1.54) is 0 Å². The largest absolute Gasteiger partial charge is 0.342 e. The average molecular weight is 243 g/mol. The number of amides is 1. The van der Waals surface area contributed by atoms with Crippen LogP contribution in [-0.4, -0.2) is 15.9 Å². The summed E-state index contributed by atoms with van der Waals surface area (Å²) in [5.41, 5.74) is 2.85. The molecule has 18 heavy (non-hydrogen) atoms. The van der Waals surface area contributed by atoms with E-state index in [-0.39, 0.29) is 11.8 Å². The lowest BCUT2D eigenvalue weighted by Gasteiger charge is -2.08. The minimum atomic E-state index is -0.0140. The molecule has 1 heterocycles. The molecule has 2 rings (SSSR count). The molecule has 94 valence electrons. The van der Waals surface area contributed by atoms with Crippen LogP contribution in [0.25, 0.3) is 11.3 Å². The Bertz CT molecular complexity index is 540. The number of hydrogen-bond acceptors (Lipinski definition) is 2. The molecule has 0 spiro atoms. The van der Waals surface area contributed by atoms with Crippen molar-refractivity contribution in [3.63, 3.8) is 0 Å². The number of hydrogen-bond donors (Lipinski definition) is 2. The molecule has 2 aromatic rings. The quantitative estimate of drug-likeness (QED) is 0.870. The summed E-state index contributed by atoms with van der Waals surface area (Å²) in [4.78, 5) is 18.9. The fourth-order valence-corrected chi connectivity index (χ4v) is 1.59. The number of aromatic amines is 1. The zero-order valence-electron chi connectivity index (χ0n) is 10.8. The smallest absolute Gasteiger partial charge is 0.226 e. The SMILES string of the molecule is Cc1ncc(-c2ccc(NC(=O)C(C)C)cc2)[nH]1. The van der Waals surface area contributed by atoms with Crippen LogP contribution < -0.4 is 5.32 Å². The van der Waals surface area contributed by atoms with Gasteiger partial charge in [-0.05, 0) is 24.6 Å². The van der Waals surface area contributed by atoms with Crippen LogP contribution in [0.1, 0.15) is 19.7 Å². The average Bonchev–Trinajstić information content (AvgIpc) is 2.76. The van der Waals surface area contributed by atoms with Gasteiger partial charge in [0, 0.05) is 11.6 Å². The number of anilines is 1. The molecule has 2 N–H and O–H groups in total. The minimum absolute atomic E-state index is 0.0140. The second-order valence-electron chi connectivity index (χ2n) is 4.60. The van der Waals surface area contributed by atoms with Gasteiger partial charge in [0.15, 0.2) is 0 Å². The maximum absolute atomic E-state index is 11.5. The Labute approximate surface area is 106 Å². The van der Waals surface area contributed by atoms with Crippen LogP contribution in [-0.2, 0) is 4.79 Å². The molecule has 1 aromatic heterocycles. The van der Waals surface area contributed by atoms with Gasteiger partial charge in [0.05, 0.1) is 11.9 Å². The van der Waals surface area contributed by atoms with E-state index < -0.39 is 0 Å². The van der Waals surface area contributed by atoms with E-state index in [0.29, 0.717) is 0 Å². The lowest BCUT2D eigenvalue weighted by atomic mass is 10.1. The summed E-state index contributed by atoms with van der Waals surface area (Å²) >= 11 is 0. The van der Waals surface area contributed by atoms with E-state index >= 15 is 0 Å². The predicted molar refractivity (Wildman–Crippen MR) is 72.2 cm³/mol. The predicted octanol–water partition coefficient (Wildman–Crippen LogP) is 2.98. The van der Waals surface area contributed by atoms with Gasteiger partial charge in [0.2, 0.25) is 5.91 Å². The Balaban J connectivity index is 2.13. The molecule has 0 saturated carbocycles. The number of H-pyrrole nitrogens is 1. The number of carbonyl (C=O) groups is 1. The molecule has 0 fully saturated rings. The summed E-state index contributed by atoms with van der Waals surface area (Å²) in [6.07, 6.45) is 1.80. The van der Waals surface area contributed by atoms with Crippen LogP contribution in [0.4, 0.5) is 5.69 Å². The molecule has 0 atom stereocenters. The van der Waals surface area contributed by atoms with Crippen LogP contribution in [0.15, 0.2) is 30.5 Å². The highest BCUT2D eigenvalue weighted by Gasteiger charge is 2.07. The summed E-state index contributed by atoms with van der Waals surface area (Å²) in [6.45, 7) is 5.66. The van der Waals surface area contributed by atoms with Gasteiger partial charge in [-0.1, -0.05) is 26.0 Å². The van der Waals surface area contributed by atoms with Gasteiger partial charge in [0.25, 0.3) is 0 Å². The van der Waals surface area contributed by atoms with Crippen molar-refractivity contribution in [2.45, 2.75) is 20.8 Å². The van der Waals surface area contributed by atoms with E-state index in [2.05, 4.69) is 15.3 Å². The highest BCUT2D eigenvalue weighted by molar-refractivity contribution is 5.92. The molecular formula is C14H17N3O. The zero-order valence-corrected chi connectivity index (χ0v) is 10.8. The Kier molecular flexibility index (Phi) is 3.46. The van der Waals surface area contributed by atoms with E-state index in [1.54, 1.807) is 6.20 Å². The molecule has 0 radical (unpaired) electrons. The summed E-state index contributed by atoms with van der Waals surface area (Å²) in [6, 6.07) is 7.71. The number of nitrogens with one attached hydrogen (secondary N) is 2. The van der Waals surface area contributed by atoms with E-state index in [4.69, 9.17) is 0 Å². The molecule has 0 saturated heterocycles. The van der Waals surface area contributed by atoms with Crippen molar-refractivity contribution in [3.05, 3.63) is 36.3 Å². The van der Waals surface area contributed by atoms with Crippen molar-refractivity contribution in [2.24, 2.45) is 5.92 Å². The number of rotatable bonds is 3. The zero-order chi connectivity index (χ0) is 13.1. The number of carbonyl (C=O) groups excluding carboxylic acids is 1. The number of aryl methyl sites for hydroxylation is 1. The Morgan fingerprint density at radius 2 is 1.94 bits per heavy atom. The standard InChI is InChI=1S/C14H17N3O/c1-9(2)14(18)17-12-6-4-11(5-7-12)13-8-15-10(3)16-13/h4-9H,1-3H3,(H,15,16)(H,17,18). The molecule has 0 bridgehead atoms. The van der Waals surface area contributed by atoms with Crippen molar-refractivity contribution in [1.82, 2.24) is 9.97 Å². The maximum Gasteiger partial charge on any atom is 0.226 e. The van der Waals surface area contributed by atoms with Crippen LogP contribution in [0.5, 0.6) is 0 Å². The van der Waals surface area contributed by atoms with E-state index in [1.807, 2.05) is 45.0 Å². The van der Waals surface area contributed by atoms with Gasteiger partial charge in [0.1, 0.15) is 5.82 Å². The first-order valence-corrected chi connectivity index (χ1v) is 5.99. The maximum atomic E-state index is 11.5. The third kappa shape index (κ3) is 2.77. The van der Waals surface area contributed by atoms with Gasteiger partial charge in [-0.15, -0.1) is 0 Å². The van der Waals surface area contributed by atoms with Gasteiger partial charge >= 0.3 is 0 Å². The van der Waals surface area contributed by atoms with Gasteiger partial charge < -0.3 is 10.3 Å². The Hall–Kier alpha value is -2.10. The lowest BCUT2D eigenvalue weighted by molar-refractivity contribution is -0.118. The van der Waals surface area contributed by atoms with Gasteiger partial charge in [-0.2, -0.15) is 0 Å². The van der Waals surface area contributed by atoms with Gasteiger partial charge in [-0.25, -0.2) is 4.98 Å². The first-order chi connectivity index (χ1) is 8.56. The molecule has 1 aromatic carbocycles. The number of benzene rings is 1. The molecule has 0 aliphatic carbocycles. The van der Waals surface area contributed by atoms with Gasteiger partial charge in [-0.3, -0.25) is 4.79 Å². The van der Waals surface area contributed by atoms with Crippen LogP contribution in [0.2, 0.25) is 0 Å². The fraction of sp³-hybridized carbons (Fsp3) is 0.286. The highest BCUT2D eigenvalue weighted by atomic mass is 16.1. The second-order valence-corrected chi connectivity index (χ2v) is 4.60. The molecule has 0 aliphatic heterocycles. The van der Waals surface area contributed by atoms with Crippen molar-refractivity contribution in [2.75, 3.05) is 5.32 Å². The third-order valence-electron chi connectivity index (χ3n) is 2.69. The molecular weight excluding hydrogens is 226 g/mol. The monoisotopic (exact) mass is 243 g/mol. The third-order valence-corrected chi connectivity index (χ3v) is 2.69. The number of nitrogens with zero attached hydrogens (tertiary/aromatic N) is 1. The number of aromatic nitrogens is 2. The summed E-state index contributed by atoms with van der Waals surface area (Å²) in [5, 5.41) is 2.86. The molecule has 1 amide bonds. The molecule has 4 heteroatoms. The molecule has 0 aliphatic rings. The first-order valence-electron chi connectivity index (χ1n) is 5.99. The number of imidazole rings is 1. The Morgan fingerprint density at radius 3 is 2.44 bits per heavy atom. The summed E-state index contributed by atoms with van der Waals surface area (Å²) in [5.74, 6) is 0.905. The summed E-state index contributed by atoms with van der Waals surface area (Å²) in [7, 11) is 0. The van der Waals surface area contributed by atoms with Crippen molar-refractivity contribution < 1.29 is 4.79 Å². The topological polar surface area (TPSA) is 57.8 Å². The van der Waals surface area contributed by atoms with Crippen molar-refractivity contribution in [3.8, 4) is 11.3 Å². The minimum Gasteiger partial charge on any atom is -0.342 e. The first kappa shape index (κ1) is 12.4. The normalized spacial score (nSPS) is 10.7. The van der Waals surface area contributed by atoms with E-state index in [9.17, 15) is 4.79 Å². The molecule has 4 nitrogen and oxygen atoms in total. The van der Waals surface area contributed by atoms with Crippen molar-refractivity contribution >= 4 is 11.6 Å². The highest BCUT2D eigenvalue weighted by Crippen LogP contribution is 2.19. The van der Waals surface area contributed by atoms with E-state index in [0.717, 1.165) is 22.8 Å². The Morgan fingerprint density at radius 1 is 1.28 bits per heavy atom. The van der Waals surface area contributed by atoms with Crippen LogP contribution in [0.3, 0.4) is 0 Å². The summed E-state index contributed by atoms with van der Waals surface area (Å²) < 4.78 is 0. The molecule has 0 unspecified atom stereocenters.